The summed E-state index contributed by atoms with van der Waals surface area (Å²) in [5.41, 5.74) is 2.71. The molecular formula is C23H18N2O2. The zero-order valence-corrected chi connectivity index (χ0v) is 14.8. The highest BCUT2D eigenvalue weighted by atomic mass is 16.5. The number of carbonyl (C=O) groups excluding carboxylic acids is 1. The summed E-state index contributed by atoms with van der Waals surface area (Å²) in [6.07, 6.45) is 0. The minimum atomic E-state index is -0.241. The number of rotatable bonds is 4. The van der Waals surface area contributed by atoms with Gasteiger partial charge in [-0.05, 0) is 48.9 Å². The van der Waals surface area contributed by atoms with Crippen molar-refractivity contribution in [2.45, 2.75) is 6.92 Å². The maximum Gasteiger partial charge on any atom is 0.274 e. The lowest BCUT2D eigenvalue weighted by atomic mass is 10.1. The molecule has 0 fully saturated rings. The van der Waals surface area contributed by atoms with Gasteiger partial charge in [-0.2, -0.15) is 0 Å². The van der Waals surface area contributed by atoms with Crippen LogP contribution in [0.5, 0.6) is 11.5 Å². The third kappa shape index (κ3) is 3.80. The smallest absolute Gasteiger partial charge is 0.274 e. The first kappa shape index (κ1) is 16.8. The summed E-state index contributed by atoms with van der Waals surface area (Å²) in [6.45, 7) is 1.89. The molecule has 3 aromatic carbocycles. The average Bonchev–Trinajstić information content (AvgIpc) is 2.68. The van der Waals surface area contributed by atoms with Crippen molar-refractivity contribution in [3.63, 3.8) is 0 Å². The van der Waals surface area contributed by atoms with Crippen LogP contribution in [0.4, 0.5) is 5.69 Å². The first-order valence-corrected chi connectivity index (χ1v) is 8.70. The zero-order chi connectivity index (χ0) is 18.6. The molecule has 4 aromatic rings. The van der Waals surface area contributed by atoms with Crippen molar-refractivity contribution in [2.75, 3.05) is 5.32 Å². The Hall–Kier alpha value is -3.66. The number of aryl methyl sites for hydroxylation is 1. The molecule has 0 unspecified atom stereocenters. The van der Waals surface area contributed by atoms with Crippen LogP contribution in [0.1, 0.15) is 16.1 Å². The lowest BCUT2D eigenvalue weighted by molar-refractivity contribution is 0.102. The second-order valence-electron chi connectivity index (χ2n) is 6.24. The van der Waals surface area contributed by atoms with Crippen molar-refractivity contribution in [1.29, 1.82) is 0 Å². The zero-order valence-electron chi connectivity index (χ0n) is 14.8. The maximum absolute atomic E-state index is 12.7. The normalized spacial score (nSPS) is 10.6. The first-order chi connectivity index (χ1) is 13.2. The lowest BCUT2D eigenvalue weighted by Gasteiger charge is -2.10. The van der Waals surface area contributed by atoms with Crippen LogP contribution in [0.15, 0.2) is 84.9 Å². The Kier molecular flexibility index (Phi) is 4.54. The van der Waals surface area contributed by atoms with Crippen molar-refractivity contribution in [3.8, 4) is 11.5 Å². The van der Waals surface area contributed by atoms with Crippen LogP contribution in [0.25, 0.3) is 10.9 Å². The summed E-state index contributed by atoms with van der Waals surface area (Å²) in [5.74, 6) is 1.16. The van der Waals surface area contributed by atoms with Crippen molar-refractivity contribution >= 4 is 22.5 Å². The Morgan fingerprint density at radius 1 is 0.852 bits per heavy atom. The minimum Gasteiger partial charge on any atom is -0.457 e. The van der Waals surface area contributed by atoms with E-state index in [0.29, 0.717) is 17.1 Å². The number of anilines is 1. The van der Waals surface area contributed by atoms with Gasteiger partial charge in [0, 0.05) is 17.1 Å². The average molecular weight is 354 g/mol. The number of para-hydroxylation sites is 2. The van der Waals surface area contributed by atoms with Crippen LogP contribution in [-0.2, 0) is 0 Å². The van der Waals surface area contributed by atoms with E-state index in [9.17, 15) is 4.79 Å². The molecule has 27 heavy (non-hydrogen) atoms. The Bertz CT molecular complexity index is 1110. The number of benzene rings is 3. The van der Waals surface area contributed by atoms with Crippen LogP contribution < -0.4 is 10.1 Å². The van der Waals surface area contributed by atoms with E-state index < -0.39 is 0 Å². The molecule has 0 aliphatic carbocycles. The molecule has 0 saturated carbocycles. The summed E-state index contributed by atoms with van der Waals surface area (Å²) in [5, 5.41) is 3.93. The molecule has 0 saturated heterocycles. The van der Waals surface area contributed by atoms with Crippen LogP contribution >= 0.6 is 0 Å². The molecule has 0 bridgehead atoms. The number of carbonyl (C=O) groups is 1. The van der Waals surface area contributed by atoms with Gasteiger partial charge in [-0.25, -0.2) is 4.98 Å². The van der Waals surface area contributed by atoms with Crippen LogP contribution in [-0.4, -0.2) is 10.9 Å². The highest BCUT2D eigenvalue weighted by Crippen LogP contribution is 2.24. The van der Waals surface area contributed by atoms with E-state index in [4.69, 9.17) is 4.74 Å². The van der Waals surface area contributed by atoms with E-state index in [1.165, 1.54) is 0 Å². The standard InChI is InChI=1S/C23H18N2O2/c1-16-14-17-8-5-6-13-21(17)25-22(16)23(26)24-18-9-7-12-20(15-18)27-19-10-3-2-4-11-19/h2-15H,1H3,(H,24,26). The molecule has 0 aliphatic rings. The SMILES string of the molecule is Cc1cc2ccccc2nc1C(=O)Nc1cccc(Oc2ccccc2)c1. The number of fused-ring (bicyclic) bond motifs is 1. The molecule has 1 heterocycles. The highest BCUT2D eigenvalue weighted by molar-refractivity contribution is 6.05. The molecule has 4 rings (SSSR count). The number of nitrogens with zero attached hydrogens (tertiary/aromatic N) is 1. The summed E-state index contributed by atoms with van der Waals surface area (Å²) in [4.78, 5) is 17.3. The summed E-state index contributed by atoms with van der Waals surface area (Å²) in [6, 6.07) is 26.6. The van der Waals surface area contributed by atoms with Crippen molar-refractivity contribution in [2.24, 2.45) is 0 Å². The molecule has 1 N–H and O–H groups in total. The van der Waals surface area contributed by atoms with Crippen LogP contribution in [0, 0.1) is 6.92 Å². The van der Waals surface area contributed by atoms with E-state index >= 15 is 0 Å². The number of ether oxygens (including phenoxy) is 1. The van der Waals surface area contributed by atoms with Gasteiger partial charge in [0.05, 0.1) is 5.52 Å². The van der Waals surface area contributed by atoms with Gasteiger partial charge in [0.15, 0.2) is 0 Å². The first-order valence-electron chi connectivity index (χ1n) is 8.70. The van der Waals surface area contributed by atoms with E-state index in [1.54, 1.807) is 6.07 Å². The van der Waals surface area contributed by atoms with E-state index in [1.807, 2.05) is 85.8 Å². The fraction of sp³-hybridized carbons (Fsp3) is 0.0435. The third-order valence-electron chi connectivity index (χ3n) is 4.20. The molecule has 132 valence electrons. The quantitative estimate of drug-likeness (QED) is 0.520. The van der Waals surface area contributed by atoms with E-state index in [-0.39, 0.29) is 5.91 Å². The Morgan fingerprint density at radius 2 is 1.59 bits per heavy atom. The molecule has 4 nitrogen and oxygen atoms in total. The van der Waals surface area contributed by atoms with Crippen molar-refractivity contribution in [1.82, 2.24) is 4.98 Å². The van der Waals surface area contributed by atoms with Crippen molar-refractivity contribution in [3.05, 3.63) is 96.2 Å². The van der Waals surface area contributed by atoms with Gasteiger partial charge in [0.2, 0.25) is 0 Å². The number of amides is 1. The molecular weight excluding hydrogens is 336 g/mol. The second kappa shape index (κ2) is 7.30. The second-order valence-corrected chi connectivity index (χ2v) is 6.24. The molecule has 1 amide bonds. The Balaban J connectivity index is 1.56. The summed E-state index contributed by atoms with van der Waals surface area (Å²) >= 11 is 0. The highest BCUT2D eigenvalue weighted by Gasteiger charge is 2.13. The van der Waals surface area contributed by atoms with Gasteiger partial charge in [-0.3, -0.25) is 4.79 Å². The number of pyridine rings is 1. The molecule has 0 spiro atoms. The Labute approximate surface area is 157 Å². The fourth-order valence-corrected chi connectivity index (χ4v) is 2.90. The fourth-order valence-electron chi connectivity index (χ4n) is 2.90. The van der Waals surface area contributed by atoms with Crippen LogP contribution in [0.3, 0.4) is 0 Å². The van der Waals surface area contributed by atoms with Gasteiger partial charge in [0.25, 0.3) is 5.91 Å². The van der Waals surface area contributed by atoms with Gasteiger partial charge < -0.3 is 10.1 Å². The molecule has 0 aliphatic heterocycles. The lowest BCUT2D eigenvalue weighted by Crippen LogP contribution is -2.15. The molecule has 0 radical (unpaired) electrons. The van der Waals surface area contributed by atoms with Crippen molar-refractivity contribution < 1.29 is 9.53 Å². The predicted octanol–water partition coefficient (Wildman–Crippen LogP) is 5.59. The number of nitrogens with one attached hydrogen (secondary N) is 1. The van der Waals surface area contributed by atoms with Gasteiger partial charge in [-0.1, -0.05) is 42.5 Å². The monoisotopic (exact) mass is 354 g/mol. The van der Waals surface area contributed by atoms with E-state index in [2.05, 4.69) is 10.3 Å². The molecule has 1 aromatic heterocycles. The van der Waals surface area contributed by atoms with Gasteiger partial charge in [-0.15, -0.1) is 0 Å². The molecule has 0 atom stereocenters. The predicted molar refractivity (Wildman–Crippen MR) is 107 cm³/mol. The number of hydrogen-bond acceptors (Lipinski definition) is 3. The van der Waals surface area contributed by atoms with Gasteiger partial charge >= 0.3 is 0 Å². The third-order valence-corrected chi connectivity index (χ3v) is 4.20. The largest absolute Gasteiger partial charge is 0.457 e. The van der Waals surface area contributed by atoms with Gasteiger partial charge in [0.1, 0.15) is 17.2 Å². The summed E-state index contributed by atoms with van der Waals surface area (Å²) in [7, 11) is 0. The number of aromatic nitrogens is 1. The Morgan fingerprint density at radius 3 is 2.44 bits per heavy atom. The van der Waals surface area contributed by atoms with Crippen LogP contribution in [0.2, 0.25) is 0 Å². The van der Waals surface area contributed by atoms with E-state index in [0.717, 1.165) is 22.2 Å². The maximum atomic E-state index is 12.7. The minimum absolute atomic E-state index is 0.241. The topological polar surface area (TPSA) is 51.2 Å². The summed E-state index contributed by atoms with van der Waals surface area (Å²) < 4.78 is 5.82. The number of hydrogen-bond donors (Lipinski definition) is 1. The molecule has 4 heteroatoms.